The maximum Gasteiger partial charge on any atom is 0.277 e. The van der Waals surface area contributed by atoms with E-state index >= 15 is 0 Å². The van der Waals surface area contributed by atoms with Crippen LogP contribution in [0.15, 0.2) is 42.7 Å². The minimum atomic E-state index is -3.62. The predicted octanol–water partition coefficient (Wildman–Crippen LogP) is 1.05. The molecule has 1 aromatic carbocycles. The summed E-state index contributed by atoms with van der Waals surface area (Å²) >= 11 is 0. The highest BCUT2D eigenvalue weighted by Gasteiger charge is 2.25. The third-order valence-electron chi connectivity index (χ3n) is 4.66. The molecule has 3 aromatic rings. The third-order valence-corrected chi connectivity index (χ3v) is 5.74. The van der Waals surface area contributed by atoms with Crippen molar-refractivity contribution in [1.29, 1.82) is 0 Å². The van der Waals surface area contributed by atoms with Crippen molar-refractivity contribution in [3.05, 3.63) is 48.5 Å². The van der Waals surface area contributed by atoms with Crippen molar-refractivity contribution in [3.8, 4) is 5.82 Å². The van der Waals surface area contributed by atoms with Crippen LogP contribution in [0.1, 0.15) is 5.82 Å². The third kappa shape index (κ3) is 3.05. The quantitative estimate of drug-likeness (QED) is 0.741. The van der Waals surface area contributed by atoms with Crippen molar-refractivity contribution in [1.82, 2.24) is 18.8 Å². The molecule has 0 spiro atoms. The molecule has 26 heavy (non-hydrogen) atoms. The van der Waals surface area contributed by atoms with Gasteiger partial charge in [-0.25, -0.2) is 15.1 Å². The number of hydrogen-bond donors (Lipinski definition) is 1. The van der Waals surface area contributed by atoms with Gasteiger partial charge in [0.2, 0.25) is 0 Å². The SMILES string of the molecule is Cc1nccc(-n2ccc3c(N4CCN(S(N)(=O)=O)CC4)cccc32)n1. The van der Waals surface area contributed by atoms with Crippen molar-refractivity contribution in [2.45, 2.75) is 6.92 Å². The van der Waals surface area contributed by atoms with Crippen molar-refractivity contribution >= 4 is 26.8 Å². The summed E-state index contributed by atoms with van der Waals surface area (Å²) < 4.78 is 26.4. The molecule has 1 aliphatic heterocycles. The summed E-state index contributed by atoms with van der Waals surface area (Å²) in [4.78, 5) is 10.8. The van der Waals surface area contributed by atoms with Crippen molar-refractivity contribution in [3.63, 3.8) is 0 Å². The Morgan fingerprint density at radius 1 is 1.08 bits per heavy atom. The van der Waals surface area contributed by atoms with E-state index in [1.807, 2.05) is 29.8 Å². The summed E-state index contributed by atoms with van der Waals surface area (Å²) in [7, 11) is -3.62. The number of rotatable bonds is 3. The lowest BCUT2D eigenvalue weighted by molar-refractivity contribution is 0.386. The maximum atomic E-state index is 11.5. The number of piperazine rings is 1. The Kier molecular flexibility index (Phi) is 4.14. The summed E-state index contributed by atoms with van der Waals surface area (Å²) in [5.41, 5.74) is 2.13. The van der Waals surface area contributed by atoms with Gasteiger partial charge in [0.1, 0.15) is 11.6 Å². The highest BCUT2D eigenvalue weighted by atomic mass is 32.2. The summed E-state index contributed by atoms with van der Waals surface area (Å²) in [5, 5.41) is 6.33. The first kappa shape index (κ1) is 17.0. The van der Waals surface area contributed by atoms with Gasteiger partial charge in [-0.1, -0.05) is 6.07 Å². The van der Waals surface area contributed by atoms with E-state index < -0.39 is 10.2 Å². The molecule has 1 saturated heterocycles. The maximum absolute atomic E-state index is 11.5. The summed E-state index contributed by atoms with van der Waals surface area (Å²) in [6.07, 6.45) is 3.75. The van der Waals surface area contributed by atoms with Crippen LogP contribution >= 0.6 is 0 Å². The Morgan fingerprint density at radius 3 is 2.54 bits per heavy atom. The normalized spacial score (nSPS) is 16.3. The van der Waals surface area contributed by atoms with Crippen LogP contribution < -0.4 is 10.0 Å². The van der Waals surface area contributed by atoms with Crippen LogP contribution in [0.4, 0.5) is 5.69 Å². The minimum absolute atomic E-state index is 0.390. The summed E-state index contributed by atoms with van der Waals surface area (Å²) in [5.74, 6) is 1.54. The molecule has 1 aliphatic rings. The van der Waals surface area contributed by atoms with E-state index in [4.69, 9.17) is 5.14 Å². The molecule has 0 saturated carbocycles. The lowest BCUT2D eigenvalue weighted by Gasteiger charge is -2.34. The van der Waals surface area contributed by atoms with Gasteiger partial charge >= 0.3 is 0 Å². The molecule has 3 heterocycles. The number of benzene rings is 1. The fraction of sp³-hybridized carbons (Fsp3) is 0.294. The molecule has 0 amide bonds. The van der Waals surface area contributed by atoms with E-state index in [1.54, 1.807) is 6.20 Å². The molecule has 0 bridgehead atoms. The second-order valence-corrected chi connectivity index (χ2v) is 7.84. The van der Waals surface area contributed by atoms with E-state index in [9.17, 15) is 8.42 Å². The topological polar surface area (TPSA) is 97.4 Å². The van der Waals surface area contributed by atoms with Gasteiger partial charge in [-0.15, -0.1) is 0 Å². The number of aryl methyl sites for hydroxylation is 1. The van der Waals surface area contributed by atoms with E-state index in [2.05, 4.69) is 33.1 Å². The van der Waals surface area contributed by atoms with Crippen LogP contribution in [0.25, 0.3) is 16.7 Å². The van der Waals surface area contributed by atoms with E-state index in [0.29, 0.717) is 26.2 Å². The second kappa shape index (κ2) is 6.35. The summed E-state index contributed by atoms with van der Waals surface area (Å²) in [6.45, 7) is 3.86. The number of fused-ring (bicyclic) bond motifs is 1. The van der Waals surface area contributed by atoms with Crippen molar-refractivity contribution in [2.75, 3.05) is 31.1 Å². The fourth-order valence-electron chi connectivity index (χ4n) is 3.39. The van der Waals surface area contributed by atoms with Gasteiger partial charge in [0, 0.05) is 49.6 Å². The molecule has 0 radical (unpaired) electrons. The molecule has 136 valence electrons. The molecule has 9 heteroatoms. The average molecular weight is 372 g/mol. The molecule has 8 nitrogen and oxygen atoms in total. The number of aromatic nitrogens is 3. The lowest BCUT2D eigenvalue weighted by Crippen LogP contribution is -2.50. The number of nitrogens with two attached hydrogens (primary N) is 1. The van der Waals surface area contributed by atoms with Crippen LogP contribution in [0.2, 0.25) is 0 Å². The van der Waals surface area contributed by atoms with Gasteiger partial charge in [0.15, 0.2) is 0 Å². The smallest absolute Gasteiger partial charge is 0.277 e. The van der Waals surface area contributed by atoms with E-state index in [-0.39, 0.29) is 0 Å². The molecule has 4 rings (SSSR count). The molecule has 0 atom stereocenters. The molecule has 0 aliphatic carbocycles. The van der Waals surface area contributed by atoms with E-state index in [1.165, 1.54) is 4.31 Å². The minimum Gasteiger partial charge on any atom is -0.368 e. The zero-order chi connectivity index (χ0) is 18.3. The number of nitrogens with zero attached hydrogens (tertiary/aromatic N) is 5. The zero-order valence-corrected chi connectivity index (χ0v) is 15.2. The van der Waals surface area contributed by atoms with Gasteiger partial charge in [0.25, 0.3) is 10.2 Å². The Hall–Kier alpha value is -2.49. The van der Waals surface area contributed by atoms with Crippen LogP contribution in [0.3, 0.4) is 0 Å². The molecular formula is C17H20N6O2S. The molecule has 2 N–H and O–H groups in total. The first-order valence-corrected chi connectivity index (χ1v) is 9.87. The standard InChI is InChI=1S/C17H20N6O2S/c1-13-19-7-5-17(20-13)23-8-6-14-15(3-2-4-16(14)23)21-9-11-22(12-10-21)26(18,24)25/h2-8H,9-12H2,1H3,(H2,18,24,25). The predicted molar refractivity (Wildman–Crippen MR) is 100 cm³/mol. The molecule has 2 aromatic heterocycles. The van der Waals surface area contributed by atoms with Gasteiger partial charge in [-0.2, -0.15) is 12.7 Å². The Labute approximate surface area is 152 Å². The second-order valence-electron chi connectivity index (χ2n) is 6.29. The van der Waals surface area contributed by atoms with E-state index in [0.717, 1.165) is 28.2 Å². The Bertz CT molecular complexity index is 1050. The number of hydrogen-bond acceptors (Lipinski definition) is 5. The monoisotopic (exact) mass is 372 g/mol. The van der Waals surface area contributed by atoms with Gasteiger partial charge in [-0.05, 0) is 31.2 Å². The largest absolute Gasteiger partial charge is 0.368 e. The van der Waals surface area contributed by atoms with Crippen LogP contribution in [-0.4, -0.2) is 53.4 Å². The first-order chi connectivity index (χ1) is 12.4. The lowest BCUT2D eigenvalue weighted by atomic mass is 10.2. The fourth-order valence-corrected chi connectivity index (χ4v) is 4.06. The Morgan fingerprint density at radius 2 is 1.85 bits per heavy atom. The molecule has 1 fully saturated rings. The molecular weight excluding hydrogens is 352 g/mol. The molecule has 0 unspecified atom stereocenters. The van der Waals surface area contributed by atoms with Gasteiger partial charge in [-0.3, -0.25) is 0 Å². The highest BCUT2D eigenvalue weighted by molar-refractivity contribution is 7.86. The Balaban J connectivity index is 1.68. The first-order valence-electron chi connectivity index (χ1n) is 8.36. The average Bonchev–Trinajstić information content (AvgIpc) is 3.05. The highest BCUT2D eigenvalue weighted by Crippen LogP contribution is 2.30. The van der Waals surface area contributed by atoms with Crippen LogP contribution in [0, 0.1) is 6.92 Å². The van der Waals surface area contributed by atoms with Gasteiger partial charge in [0.05, 0.1) is 5.52 Å². The van der Waals surface area contributed by atoms with Gasteiger partial charge < -0.3 is 9.47 Å². The van der Waals surface area contributed by atoms with Crippen molar-refractivity contribution in [2.24, 2.45) is 5.14 Å². The van der Waals surface area contributed by atoms with Crippen LogP contribution in [0.5, 0.6) is 0 Å². The van der Waals surface area contributed by atoms with Crippen molar-refractivity contribution < 1.29 is 8.42 Å². The zero-order valence-electron chi connectivity index (χ0n) is 14.4. The summed E-state index contributed by atoms with van der Waals surface area (Å²) in [6, 6.07) is 10.1. The number of anilines is 1. The van der Waals surface area contributed by atoms with Crippen LogP contribution in [-0.2, 0) is 10.2 Å².